The monoisotopic (exact) mass is 289 g/mol. The molecular formula is C15H19N3O3. The molecule has 21 heavy (non-hydrogen) atoms. The first-order chi connectivity index (χ1) is 10.2. The fraction of sp³-hybridized carbons (Fsp3) is 0.333. The molecule has 1 amide bonds. The molecule has 0 aliphatic carbocycles. The van der Waals surface area contributed by atoms with Crippen molar-refractivity contribution in [3.63, 3.8) is 0 Å². The third-order valence-corrected chi connectivity index (χ3v) is 3.07. The van der Waals surface area contributed by atoms with Gasteiger partial charge in [0.25, 0.3) is 0 Å². The quantitative estimate of drug-likeness (QED) is 0.761. The van der Waals surface area contributed by atoms with Gasteiger partial charge in [-0.3, -0.25) is 4.79 Å². The summed E-state index contributed by atoms with van der Waals surface area (Å²) in [6.07, 6.45) is 4.37. The first-order valence-electron chi connectivity index (χ1n) is 6.75. The molecule has 2 rings (SSSR count). The van der Waals surface area contributed by atoms with E-state index in [1.54, 1.807) is 25.4 Å². The number of amides is 1. The van der Waals surface area contributed by atoms with Gasteiger partial charge >= 0.3 is 0 Å². The molecule has 0 radical (unpaired) electrons. The molecule has 1 aromatic carbocycles. The number of hydrogen-bond acceptors (Lipinski definition) is 5. The summed E-state index contributed by atoms with van der Waals surface area (Å²) >= 11 is 0. The Bertz CT molecular complexity index is 552. The number of rotatable bonds is 7. The second-order valence-electron chi connectivity index (χ2n) is 4.67. The Hall–Kier alpha value is -2.18. The van der Waals surface area contributed by atoms with Gasteiger partial charge in [0.1, 0.15) is 0 Å². The molecule has 6 nitrogen and oxygen atoms in total. The van der Waals surface area contributed by atoms with E-state index in [-0.39, 0.29) is 5.91 Å². The summed E-state index contributed by atoms with van der Waals surface area (Å²) in [4.78, 5) is 15.8. The first kappa shape index (κ1) is 15.2. The van der Waals surface area contributed by atoms with Crippen molar-refractivity contribution >= 4 is 11.6 Å². The highest BCUT2D eigenvalue weighted by molar-refractivity contribution is 5.94. The van der Waals surface area contributed by atoms with Gasteiger partial charge in [-0.15, -0.1) is 0 Å². The third kappa shape index (κ3) is 4.40. The molecule has 0 bridgehead atoms. The number of ether oxygens (including phenoxy) is 1. The van der Waals surface area contributed by atoms with Crippen molar-refractivity contribution in [1.29, 1.82) is 0 Å². The van der Waals surface area contributed by atoms with Gasteiger partial charge in [-0.1, -0.05) is 0 Å². The number of benzene rings is 1. The number of aromatic nitrogens is 1. The largest absolute Gasteiger partial charge is 0.444 e. The molecule has 0 aliphatic rings. The van der Waals surface area contributed by atoms with E-state index in [0.717, 1.165) is 12.0 Å². The van der Waals surface area contributed by atoms with Crippen LogP contribution in [0.4, 0.5) is 5.69 Å². The summed E-state index contributed by atoms with van der Waals surface area (Å²) in [5.41, 5.74) is 7.42. The Morgan fingerprint density at radius 1 is 1.43 bits per heavy atom. The Morgan fingerprint density at radius 3 is 2.81 bits per heavy atom. The van der Waals surface area contributed by atoms with E-state index in [1.807, 2.05) is 12.1 Å². The average Bonchev–Trinajstić information content (AvgIpc) is 3.02. The van der Waals surface area contributed by atoms with Crippen LogP contribution in [0.1, 0.15) is 12.8 Å². The third-order valence-electron chi connectivity index (χ3n) is 3.07. The van der Waals surface area contributed by atoms with Gasteiger partial charge in [0.15, 0.2) is 12.2 Å². The summed E-state index contributed by atoms with van der Waals surface area (Å²) in [6, 6.07) is 6.78. The number of methoxy groups -OCH3 is 1. The molecule has 3 N–H and O–H groups in total. The number of oxazole rings is 1. The predicted octanol–water partition coefficient (Wildman–Crippen LogP) is 2.03. The molecule has 1 atom stereocenters. The van der Waals surface area contributed by atoms with Crippen LogP contribution < -0.4 is 11.1 Å². The Kier molecular flexibility index (Phi) is 5.48. The van der Waals surface area contributed by atoms with E-state index >= 15 is 0 Å². The van der Waals surface area contributed by atoms with Gasteiger partial charge in [0.2, 0.25) is 5.91 Å². The lowest BCUT2D eigenvalue weighted by atomic mass is 10.1. The molecule has 0 fully saturated rings. The summed E-state index contributed by atoms with van der Waals surface area (Å²) in [5.74, 6) is 0.489. The molecule has 1 unspecified atom stereocenters. The summed E-state index contributed by atoms with van der Waals surface area (Å²) < 4.78 is 10.1. The number of nitrogens with one attached hydrogen (secondary N) is 1. The van der Waals surface area contributed by atoms with E-state index < -0.39 is 6.04 Å². The van der Waals surface area contributed by atoms with Crippen LogP contribution in [0.25, 0.3) is 11.3 Å². The minimum absolute atomic E-state index is 0.196. The molecule has 112 valence electrons. The molecule has 0 saturated carbocycles. The maximum absolute atomic E-state index is 11.9. The van der Waals surface area contributed by atoms with E-state index in [2.05, 4.69) is 10.3 Å². The van der Waals surface area contributed by atoms with Crippen LogP contribution >= 0.6 is 0 Å². The van der Waals surface area contributed by atoms with E-state index in [9.17, 15) is 4.79 Å². The van der Waals surface area contributed by atoms with Gasteiger partial charge in [-0.05, 0) is 37.1 Å². The van der Waals surface area contributed by atoms with Crippen LogP contribution in [0.5, 0.6) is 0 Å². The fourth-order valence-corrected chi connectivity index (χ4v) is 1.89. The molecule has 0 spiro atoms. The summed E-state index contributed by atoms with van der Waals surface area (Å²) in [6.45, 7) is 0.604. The average molecular weight is 289 g/mol. The number of hydrogen-bond donors (Lipinski definition) is 2. The Morgan fingerprint density at radius 2 is 2.19 bits per heavy atom. The molecule has 2 aromatic rings. The van der Waals surface area contributed by atoms with Crippen molar-refractivity contribution in [3.8, 4) is 11.3 Å². The summed E-state index contributed by atoms with van der Waals surface area (Å²) in [5, 5.41) is 2.79. The standard InChI is InChI=1S/C15H19N3O3/c1-20-8-2-3-13(16)15(19)18-12-6-4-11(5-7-12)14-9-17-10-21-14/h4-7,9-10,13H,2-3,8,16H2,1H3,(H,18,19). The van der Waals surface area contributed by atoms with Crippen molar-refractivity contribution in [2.45, 2.75) is 18.9 Å². The lowest BCUT2D eigenvalue weighted by Gasteiger charge is -2.12. The molecular weight excluding hydrogens is 270 g/mol. The lowest BCUT2D eigenvalue weighted by Crippen LogP contribution is -2.35. The van der Waals surface area contributed by atoms with Crippen molar-refractivity contribution in [2.75, 3.05) is 19.0 Å². The highest BCUT2D eigenvalue weighted by atomic mass is 16.5. The number of nitrogens with zero attached hydrogens (tertiary/aromatic N) is 1. The van der Waals surface area contributed by atoms with Gasteiger partial charge < -0.3 is 20.2 Å². The topological polar surface area (TPSA) is 90.4 Å². The van der Waals surface area contributed by atoms with Crippen LogP contribution in [0.3, 0.4) is 0 Å². The lowest BCUT2D eigenvalue weighted by molar-refractivity contribution is -0.117. The minimum Gasteiger partial charge on any atom is -0.444 e. The Labute approximate surface area is 123 Å². The highest BCUT2D eigenvalue weighted by Crippen LogP contribution is 2.20. The van der Waals surface area contributed by atoms with Crippen molar-refractivity contribution in [3.05, 3.63) is 36.9 Å². The van der Waals surface area contributed by atoms with Crippen LogP contribution in [-0.4, -0.2) is 30.6 Å². The number of carbonyl (C=O) groups excluding carboxylic acids is 1. The van der Waals surface area contributed by atoms with Crippen LogP contribution in [0.15, 0.2) is 41.3 Å². The highest BCUT2D eigenvalue weighted by Gasteiger charge is 2.13. The SMILES string of the molecule is COCCCC(N)C(=O)Nc1ccc(-c2cnco2)cc1. The smallest absolute Gasteiger partial charge is 0.241 e. The van der Waals surface area contributed by atoms with Gasteiger partial charge in [0, 0.05) is 25.0 Å². The zero-order valence-corrected chi connectivity index (χ0v) is 11.9. The van der Waals surface area contributed by atoms with Gasteiger partial charge in [-0.2, -0.15) is 0 Å². The molecule has 1 heterocycles. The number of carbonyl (C=O) groups is 1. The van der Waals surface area contributed by atoms with Gasteiger partial charge in [0.05, 0.1) is 12.2 Å². The maximum Gasteiger partial charge on any atom is 0.241 e. The maximum atomic E-state index is 11.9. The molecule has 0 saturated heterocycles. The number of anilines is 1. The molecule has 1 aromatic heterocycles. The second-order valence-corrected chi connectivity index (χ2v) is 4.67. The Balaban J connectivity index is 1.89. The van der Waals surface area contributed by atoms with Crippen molar-refractivity contribution < 1.29 is 13.9 Å². The fourth-order valence-electron chi connectivity index (χ4n) is 1.89. The second kappa shape index (κ2) is 7.56. The zero-order chi connectivity index (χ0) is 15.1. The summed E-state index contributed by atoms with van der Waals surface area (Å²) in [7, 11) is 1.63. The van der Waals surface area contributed by atoms with Crippen LogP contribution in [0.2, 0.25) is 0 Å². The van der Waals surface area contributed by atoms with E-state index in [1.165, 1.54) is 6.39 Å². The first-order valence-corrected chi connectivity index (χ1v) is 6.75. The van der Waals surface area contributed by atoms with Gasteiger partial charge in [-0.25, -0.2) is 4.98 Å². The minimum atomic E-state index is -0.533. The van der Waals surface area contributed by atoms with Crippen molar-refractivity contribution in [1.82, 2.24) is 4.98 Å². The normalized spacial score (nSPS) is 12.1. The van der Waals surface area contributed by atoms with Crippen LogP contribution in [-0.2, 0) is 9.53 Å². The molecule has 0 aliphatic heterocycles. The van der Waals surface area contributed by atoms with Crippen molar-refractivity contribution in [2.24, 2.45) is 5.73 Å². The zero-order valence-electron chi connectivity index (χ0n) is 11.9. The number of nitrogens with two attached hydrogens (primary N) is 1. The van der Waals surface area contributed by atoms with E-state index in [0.29, 0.717) is 24.5 Å². The molecule has 6 heteroatoms. The van der Waals surface area contributed by atoms with E-state index in [4.69, 9.17) is 14.9 Å². The predicted molar refractivity (Wildman–Crippen MR) is 79.7 cm³/mol. The van der Waals surface area contributed by atoms with Crippen LogP contribution in [0, 0.1) is 0 Å².